The van der Waals surface area contributed by atoms with Gasteiger partial charge in [-0.15, -0.1) is 0 Å². The maximum absolute atomic E-state index is 13.5. The van der Waals surface area contributed by atoms with E-state index in [1.807, 2.05) is 18.3 Å². The van der Waals surface area contributed by atoms with Gasteiger partial charge in [0.15, 0.2) is 0 Å². The molecule has 1 heterocycles. The average molecular weight is 276 g/mol. The molecule has 1 unspecified atom stereocenters. The molecule has 20 heavy (non-hydrogen) atoms. The van der Waals surface area contributed by atoms with Crippen LogP contribution in [0.5, 0.6) is 0 Å². The number of aryl methyl sites for hydroxylation is 1. The van der Waals surface area contributed by atoms with Crippen LogP contribution < -0.4 is 5.73 Å². The number of pyridine rings is 1. The summed E-state index contributed by atoms with van der Waals surface area (Å²) in [6.07, 6.45) is 3.71. The van der Waals surface area contributed by atoms with Crippen LogP contribution in [0, 0.1) is 11.6 Å². The van der Waals surface area contributed by atoms with Gasteiger partial charge in [-0.1, -0.05) is 19.1 Å². The number of hydrogen-bond donors (Lipinski definition) is 1. The number of rotatable bonds is 5. The minimum atomic E-state index is -0.573. The third-order valence-corrected chi connectivity index (χ3v) is 3.26. The molecule has 0 saturated heterocycles. The lowest BCUT2D eigenvalue weighted by molar-refractivity contribution is 0.557. The molecule has 4 heteroatoms. The SMILES string of the molecule is CCc1ccc(CC(N)Cc2ccc(F)cc2F)nc1. The molecule has 1 aromatic heterocycles. The Bertz CT molecular complexity index is 567. The molecule has 1 aromatic carbocycles. The zero-order valence-electron chi connectivity index (χ0n) is 11.4. The fourth-order valence-electron chi connectivity index (χ4n) is 2.10. The second kappa shape index (κ2) is 6.57. The summed E-state index contributed by atoms with van der Waals surface area (Å²) in [6, 6.07) is 7.30. The van der Waals surface area contributed by atoms with Crippen molar-refractivity contribution in [2.24, 2.45) is 5.73 Å². The first-order valence-corrected chi connectivity index (χ1v) is 6.71. The van der Waals surface area contributed by atoms with E-state index in [4.69, 9.17) is 5.73 Å². The summed E-state index contributed by atoms with van der Waals surface area (Å²) in [7, 11) is 0. The minimum absolute atomic E-state index is 0.241. The third-order valence-electron chi connectivity index (χ3n) is 3.26. The summed E-state index contributed by atoms with van der Waals surface area (Å²) in [5.41, 5.74) is 8.51. The molecule has 2 N–H and O–H groups in total. The Kier molecular flexibility index (Phi) is 4.79. The van der Waals surface area contributed by atoms with E-state index in [2.05, 4.69) is 11.9 Å². The van der Waals surface area contributed by atoms with Crippen molar-refractivity contribution in [2.75, 3.05) is 0 Å². The van der Waals surface area contributed by atoms with E-state index in [1.54, 1.807) is 0 Å². The maximum atomic E-state index is 13.5. The van der Waals surface area contributed by atoms with E-state index in [-0.39, 0.29) is 6.04 Å². The molecule has 2 rings (SSSR count). The Labute approximate surface area is 117 Å². The molecule has 0 saturated carbocycles. The number of nitrogens with zero attached hydrogens (tertiary/aromatic N) is 1. The van der Waals surface area contributed by atoms with Crippen molar-refractivity contribution >= 4 is 0 Å². The number of hydrogen-bond acceptors (Lipinski definition) is 2. The second-order valence-electron chi connectivity index (χ2n) is 4.92. The second-order valence-corrected chi connectivity index (χ2v) is 4.92. The Balaban J connectivity index is 1.99. The lowest BCUT2D eigenvalue weighted by Crippen LogP contribution is -2.26. The monoisotopic (exact) mass is 276 g/mol. The van der Waals surface area contributed by atoms with Crippen LogP contribution in [0.3, 0.4) is 0 Å². The molecule has 0 aliphatic heterocycles. The van der Waals surface area contributed by atoms with Crippen molar-refractivity contribution in [3.05, 3.63) is 65.0 Å². The maximum Gasteiger partial charge on any atom is 0.129 e. The van der Waals surface area contributed by atoms with Crippen LogP contribution in [0.1, 0.15) is 23.7 Å². The molecule has 0 aliphatic carbocycles. The molecule has 106 valence electrons. The van der Waals surface area contributed by atoms with E-state index in [0.29, 0.717) is 18.4 Å². The molecule has 0 spiro atoms. The lowest BCUT2D eigenvalue weighted by atomic mass is 10.0. The zero-order valence-corrected chi connectivity index (χ0v) is 11.4. The smallest absolute Gasteiger partial charge is 0.129 e. The van der Waals surface area contributed by atoms with Crippen molar-refractivity contribution in [1.82, 2.24) is 4.98 Å². The van der Waals surface area contributed by atoms with Crippen molar-refractivity contribution < 1.29 is 8.78 Å². The molecular formula is C16H18F2N2. The zero-order chi connectivity index (χ0) is 14.5. The van der Waals surface area contributed by atoms with Crippen LogP contribution in [0.25, 0.3) is 0 Å². The summed E-state index contributed by atoms with van der Waals surface area (Å²) < 4.78 is 26.4. The summed E-state index contributed by atoms with van der Waals surface area (Å²) in [5, 5.41) is 0. The highest BCUT2D eigenvalue weighted by Gasteiger charge is 2.10. The average Bonchev–Trinajstić information content (AvgIpc) is 2.43. The Morgan fingerprint density at radius 3 is 2.55 bits per heavy atom. The van der Waals surface area contributed by atoms with E-state index in [1.165, 1.54) is 17.7 Å². The Morgan fingerprint density at radius 2 is 1.95 bits per heavy atom. The minimum Gasteiger partial charge on any atom is -0.327 e. The van der Waals surface area contributed by atoms with Crippen LogP contribution in [0.4, 0.5) is 8.78 Å². The van der Waals surface area contributed by atoms with E-state index in [0.717, 1.165) is 18.2 Å². The van der Waals surface area contributed by atoms with Gasteiger partial charge in [-0.25, -0.2) is 8.78 Å². The predicted octanol–water partition coefficient (Wildman–Crippen LogP) is 3.03. The van der Waals surface area contributed by atoms with Crippen LogP contribution in [0.2, 0.25) is 0 Å². The van der Waals surface area contributed by atoms with E-state index >= 15 is 0 Å². The molecule has 0 bridgehead atoms. The van der Waals surface area contributed by atoms with Crippen molar-refractivity contribution in [3.8, 4) is 0 Å². The standard InChI is InChI=1S/C16H18F2N2/c1-2-11-3-6-15(20-10-11)9-14(19)7-12-4-5-13(17)8-16(12)18/h3-6,8,10,14H,2,7,9,19H2,1H3. The lowest BCUT2D eigenvalue weighted by Gasteiger charge is -2.12. The van der Waals surface area contributed by atoms with Crippen molar-refractivity contribution in [2.45, 2.75) is 32.2 Å². The molecule has 2 aromatic rings. The molecule has 0 amide bonds. The first-order chi connectivity index (χ1) is 9.58. The Morgan fingerprint density at radius 1 is 1.15 bits per heavy atom. The highest BCUT2D eigenvalue weighted by Crippen LogP contribution is 2.13. The van der Waals surface area contributed by atoms with Gasteiger partial charge >= 0.3 is 0 Å². The summed E-state index contributed by atoms with van der Waals surface area (Å²) in [4.78, 5) is 4.33. The first-order valence-electron chi connectivity index (χ1n) is 6.71. The largest absolute Gasteiger partial charge is 0.327 e. The highest BCUT2D eigenvalue weighted by molar-refractivity contribution is 5.20. The summed E-state index contributed by atoms with van der Waals surface area (Å²) >= 11 is 0. The van der Waals surface area contributed by atoms with Crippen molar-refractivity contribution in [1.29, 1.82) is 0 Å². The quantitative estimate of drug-likeness (QED) is 0.911. The van der Waals surface area contributed by atoms with Gasteiger partial charge in [-0.05, 0) is 36.1 Å². The van der Waals surface area contributed by atoms with Crippen LogP contribution in [-0.2, 0) is 19.3 Å². The molecule has 0 aliphatic rings. The van der Waals surface area contributed by atoms with Gasteiger partial charge in [-0.2, -0.15) is 0 Å². The number of aromatic nitrogens is 1. The van der Waals surface area contributed by atoms with Crippen LogP contribution in [0.15, 0.2) is 36.5 Å². The van der Waals surface area contributed by atoms with Crippen LogP contribution in [-0.4, -0.2) is 11.0 Å². The number of benzene rings is 1. The molecule has 0 radical (unpaired) electrons. The van der Waals surface area contributed by atoms with Gasteiger partial charge in [0, 0.05) is 30.4 Å². The number of halogens is 2. The molecule has 0 fully saturated rings. The summed E-state index contributed by atoms with van der Waals surface area (Å²) in [6.45, 7) is 2.07. The topological polar surface area (TPSA) is 38.9 Å². The number of nitrogens with two attached hydrogens (primary N) is 1. The van der Waals surface area contributed by atoms with Gasteiger partial charge < -0.3 is 5.73 Å². The first kappa shape index (κ1) is 14.6. The van der Waals surface area contributed by atoms with Gasteiger partial charge in [0.25, 0.3) is 0 Å². The Hall–Kier alpha value is -1.81. The van der Waals surface area contributed by atoms with Gasteiger partial charge in [0.05, 0.1) is 0 Å². The molecular weight excluding hydrogens is 258 g/mol. The fourth-order valence-corrected chi connectivity index (χ4v) is 2.10. The van der Waals surface area contributed by atoms with Gasteiger partial charge in [0.1, 0.15) is 11.6 Å². The van der Waals surface area contributed by atoms with Gasteiger partial charge in [0.2, 0.25) is 0 Å². The summed E-state index contributed by atoms with van der Waals surface area (Å²) in [5.74, 6) is -1.12. The van der Waals surface area contributed by atoms with E-state index < -0.39 is 11.6 Å². The third kappa shape index (κ3) is 3.84. The predicted molar refractivity (Wildman–Crippen MR) is 75.4 cm³/mol. The van der Waals surface area contributed by atoms with E-state index in [9.17, 15) is 8.78 Å². The van der Waals surface area contributed by atoms with Gasteiger partial charge in [-0.3, -0.25) is 4.98 Å². The fraction of sp³-hybridized carbons (Fsp3) is 0.312. The van der Waals surface area contributed by atoms with Crippen LogP contribution >= 0.6 is 0 Å². The molecule has 1 atom stereocenters. The molecule has 2 nitrogen and oxygen atoms in total. The van der Waals surface area contributed by atoms with Crippen molar-refractivity contribution in [3.63, 3.8) is 0 Å². The normalized spacial score (nSPS) is 12.4. The highest BCUT2D eigenvalue weighted by atomic mass is 19.1.